The van der Waals surface area contributed by atoms with Crippen LogP contribution < -0.4 is 5.32 Å². The summed E-state index contributed by atoms with van der Waals surface area (Å²) in [6.07, 6.45) is 8.10. The van der Waals surface area contributed by atoms with Gasteiger partial charge in [0, 0.05) is 50.2 Å². The van der Waals surface area contributed by atoms with Gasteiger partial charge in [0.2, 0.25) is 0 Å². The molecule has 144 valence electrons. The molecule has 0 aromatic carbocycles. The summed E-state index contributed by atoms with van der Waals surface area (Å²) in [5.41, 5.74) is 0.356. The van der Waals surface area contributed by atoms with Gasteiger partial charge in [-0.15, -0.1) is 0 Å². The summed E-state index contributed by atoms with van der Waals surface area (Å²) < 4.78 is 11.7. The van der Waals surface area contributed by atoms with Crippen LogP contribution in [0.2, 0.25) is 0 Å². The summed E-state index contributed by atoms with van der Waals surface area (Å²) in [5, 5.41) is 3.85. The Morgan fingerprint density at radius 1 is 1.20 bits per heavy atom. The van der Waals surface area contributed by atoms with E-state index in [9.17, 15) is 0 Å². The topological polar surface area (TPSA) is 46.1 Å². The second-order valence-electron chi connectivity index (χ2n) is 7.88. The first-order chi connectivity index (χ1) is 12.2. The average Bonchev–Trinajstić information content (AvgIpc) is 3.29. The van der Waals surface area contributed by atoms with E-state index >= 15 is 0 Å². The van der Waals surface area contributed by atoms with Gasteiger partial charge in [0.15, 0.2) is 5.96 Å². The van der Waals surface area contributed by atoms with Gasteiger partial charge < -0.3 is 19.7 Å². The van der Waals surface area contributed by atoms with Crippen molar-refractivity contribution in [2.45, 2.75) is 71.4 Å². The molecular weight excluding hydrogens is 314 g/mol. The number of rotatable bonds is 7. The van der Waals surface area contributed by atoms with Gasteiger partial charge in [-0.2, -0.15) is 0 Å². The lowest BCUT2D eigenvalue weighted by Gasteiger charge is -2.54. The quantitative estimate of drug-likeness (QED) is 0.566. The molecule has 1 aliphatic heterocycles. The third-order valence-corrected chi connectivity index (χ3v) is 6.44. The Labute approximate surface area is 153 Å². The highest BCUT2D eigenvalue weighted by Crippen LogP contribution is 2.54. The van der Waals surface area contributed by atoms with E-state index < -0.39 is 0 Å². The molecular formula is C20H37N3O2. The van der Waals surface area contributed by atoms with Crippen molar-refractivity contribution in [3.05, 3.63) is 0 Å². The van der Waals surface area contributed by atoms with Crippen molar-refractivity contribution in [1.29, 1.82) is 0 Å². The monoisotopic (exact) mass is 351 g/mol. The fourth-order valence-corrected chi connectivity index (χ4v) is 5.08. The summed E-state index contributed by atoms with van der Waals surface area (Å²) in [7, 11) is 0. The summed E-state index contributed by atoms with van der Waals surface area (Å²) in [6, 6.07) is 0.530. The zero-order chi connectivity index (χ0) is 17.7. The number of hydrogen-bond donors (Lipinski definition) is 1. The fourth-order valence-electron chi connectivity index (χ4n) is 5.08. The van der Waals surface area contributed by atoms with Crippen LogP contribution in [0, 0.1) is 11.3 Å². The summed E-state index contributed by atoms with van der Waals surface area (Å²) >= 11 is 0. The standard InChI is InChI=1S/C20H37N3O2/c1-4-21-19(23-12-9-16(14-23)15-24-5-2)22-17-13-18(25-6-3)20(17)10-7-8-11-20/h16-18H,4-15H2,1-3H3,(H,21,22). The summed E-state index contributed by atoms with van der Waals surface area (Å²) in [6.45, 7) is 11.9. The maximum absolute atomic E-state index is 6.06. The molecule has 0 bridgehead atoms. The molecule has 0 aromatic heterocycles. The molecule has 2 saturated carbocycles. The van der Waals surface area contributed by atoms with Crippen LogP contribution in [0.5, 0.6) is 0 Å². The molecule has 5 heteroatoms. The summed E-state index contributed by atoms with van der Waals surface area (Å²) in [4.78, 5) is 7.27. The zero-order valence-corrected chi connectivity index (χ0v) is 16.4. The minimum absolute atomic E-state index is 0.356. The highest BCUT2D eigenvalue weighted by molar-refractivity contribution is 5.81. The largest absolute Gasteiger partial charge is 0.381 e. The van der Waals surface area contributed by atoms with E-state index in [1.54, 1.807) is 0 Å². The molecule has 25 heavy (non-hydrogen) atoms. The van der Waals surface area contributed by atoms with Gasteiger partial charge >= 0.3 is 0 Å². The molecule has 0 radical (unpaired) electrons. The van der Waals surface area contributed by atoms with Crippen LogP contribution in [0.4, 0.5) is 0 Å². The lowest BCUT2D eigenvalue weighted by molar-refractivity contribution is -0.126. The van der Waals surface area contributed by atoms with E-state index in [1.165, 1.54) is 32.1 Å². The maximum atomic E-state index is 6.06. The van der Waals surface area contributed by atoms with Crippen molar-refractivity contribution < 1.29 is 9.47 Å². The molecule has 3 rings (SSSR count). The summed E-state index contributed by atoms with van der Waals surface area (Å²) in [5.74, 6) is 1.76. The zero-order valence-electron chi connectivity index (χ0n) is 16.4. The van der Waals surface area contributed by atoms with E-state index in [2.05, 4.69) is 31.0 Å². The van der Waals surface area contributed by atoms with Gasteiger partial charge in [-0.1, -0.05) is 12.8 Å². The van der Waals surface area contributed by atoms with Gasteiger partial charge in [0.05, 0.1) is 12.7 Å². The van der Waals surface area contributed by atoms with Gasteiger partial charge in [-0.3, -0.25) is 4.99 Å². The lowest BCUT2D eigenvalue weighted by Crippen LogP contribution is -2.65. The van der Waals surface area contributed by atoms with E-state index in [4.69, 9.17) is 14.5 Å². The van der Waals surface area contributed by atoms with Crippen LogP contribution >= 0.6 is 0 Å². The van der Waals surface area contributed by atoms with Crippen LogP contribution in [-0.4, -0.2) is 62.5 Å². The molecule has 3 atom stereocenters. The predicted octanol–water partition coefficient (Wildman–Crippen LogP) is 3.05. The van der Waals surface area contributed by atoms with Crippen LogP contribution in [-0.2, 0) is 9.47 Å². The van der Waals surface area contributed by atoms with Crippen molar-refractivity contribution in [1.82, 2.24) is 10.2 Å². The number of nitrogens with one attached hydrogen (secondary N) is 1. The molecule has 3 unspecified atom stereocenters. The van der Waals surface area contributed by atoms with Crippen molar-refractivity contribution in [2.24, 2.45) is 16.3 Å². The average molecular weight is 352 g/mol. The van der Waals surface area contributed by atoms with Crippen LogP contribution in [0.25, 0.3) is 0 Å². The first-order valence-electron chi connectivity index (χ1n) is 10.5. The minimum atomic E-state index is 0.356. The van der Waals surface area contributed by atoms with E-state index in [0.29, 0.717) is 23.5 Å². The highest BCUT2D eigenvalue weighted by Gasteiger charge is 2.57. The smallest absolute Gasteiger partial charge is 0.194 e. The van der Waals surface area contributed by atoms with Crippen molar-refractivity contribution in [3.63, 3.8) is 0 Å². The number of hydrogen-bond acceptors (Lipinski definition) is 3. The van der Waals surface area contributed by atoms with Gasteiger partial charge in [0.1, 0.15) is 0 Å². The number of nitrogens with zero attached hydrogens (tertiary/aromatic N) is 2. The number of guanidine groups is 1. The molecule has 0 aromatic rings. The van der Waals surface area contributed by atoms with Crippen LogP contribution in [0.1, 0.15) is 59.3 Å². The number of ether oxygens (including phenoxy) is 2. The second kappa shape index (κ2) is 8.72. The minimum Gasteiger partial charge on any atom is -0.381 e. The van der Waals surface area contributed by atoms with E-state index in [0.717, 1.165) is 51.8 Å². The van der Waals surface area contributed by atoms with Gasteiger partial charge in [0.25, 0.3) is 0 Å². The SMILES string of the molecule is CCN=C(NC1CC(OCC)C12CCCC2)N1CCC(COCC)C1. The number of aliphatic imine (C=N–C) groups is 1. The molecule has 1 heterocycles. The molecule has 2 aliphatic carbocycles. The Balaban J connectivity index is 1.60. The molecule has 3 aliphatic rings. The Hall–Kier alpha value is -0.810. The first kappa shape index (κ1) is 19.0. The Kier molecular flexibility index (Phi) is 6.61. The van der Waals surface area contributed by atoms with Crippen LogP contribution in [0.3, 0.4) is 0 Å². The Morgan fingerprint density at radius 2 is 2.00 bits per heavy atom. The Morgan fingerprint density at radius 3 is 2.68 bits per heavy atom. The third kappa shape index (κ3) is 3.97. The van der Waals surface area contributed by atoms with E-state index in [-0.39, 0.29) is 0 Å². The molecule has 3 fully saturated rings. The van der Waals surface area contributed by atoms with Gasteiger partial charge in [-0.25, -0.2) is 0 Å². The highest BCUT2D eigenvalue weighted by atomic mass is 16.5. The van der Waals surface area contributed by atoms with E-state index in [1.807, 2.05) is 0 Å². The molecule has 1 saturated heterocycles. The van der Waals surface area contributed by atoms with Crippen molar-refractivity contribution in [2.75, 3.05) is 39.5 Å². The number of likely N-dealkylation sites (tertiary alicyclic amines) is 1. The van der Waals surface area contributed by atoms with Crippen LogP contribution in [0.15, 0.2) is 4.99 Å². The molecule has 1 spiro atoms. The fraction of sp³-hybridized carbons (Fsp3) is 0.950. The van der Waals surface area contributed by atoms with Crippen molar-refractivity contribution >= 4 is 5.96 Å². The predicted molar refractivity (Wildman–Crippen MR) is 102 cm³/mol. The first-order valence-corrected chi connectivity index (χ1v) is 10.5. The normalized spacial score (nSPS) is 31.6. The third-order valence-electron chi connectivity index (χ3n) is 6.44. The second-order valence-corrected chi connectivity index (χ2v) is 7.88. The maximum Gasteiger partial charge on any atom is 0.194 e. The lowest BCUT2D eigenvalue weighted by atomic mass is 9.60. The molecule has 1 N–H and O–H groups in total. The molecule has 5 nitrogen and oxygen atoms in total. The van der Waals surface area contributed by atoms with Crippen molar-refractivity contribution in [3.8, 4) is 0 Å². The Bertz CT molecular complexity index is 448. The van der Waals surface area contributed by atoms with Gasteiger partial charge in [-0.05, 0) is 46.5 Å². The molecule has 0 amide bonds.